The maximum atomic E-state index is 5.96. The van der Waals surface area contributed by atoms with Gasteiger partial charge in [-0.2, -0.15) is 0 Å². The quantitative estimate of drug-likeness (QED) is 0.881. The second kappa shape index (κ2) is 7.18. The highest BCUT2D eigenvalue weighted by Crippen LogP contribution is 2.24. The van der Waals surface area contributed by atoms with Crippen molar-refractivity contribution < 1.29 is 4.74 Å². The Balaban J connectivity index is 2.24. The summed E-state index contributed by atoms with van der Waals surface area (Å²) in [6, 6.07) is 7.98. The van der Waals surface area contributed by atoms with E-state index in [1.807, 2.05) is 32.0 Å². The molecule has 0 saturated carbocycles. The molecule has 2 rings (SSSR count). The van der Waals surface area contributed by atoms with Gasteiger partial charge in [-0.3, -0.25) is 4.98 Å². The number of aryl methyl sites for hydroxylation is 3. The monoisotopic (exact) mass is 285 g/mol. The summed E-state index contributed by atoms with van der Waals surface area (Å²) in [5.41, 5.74) is 4.10. The molecule has 0 aliphatic carbocycles. The number of pyridine rings is 2. The average Bonchev–Trinajstić information content (AvgIpc) is 2.46. The van der Waals surface area contributed by atoms with E-state index in [9.17, 15) is 0 Å². The number of hydrogen-bond donors (Lipinski definition) is 1. The van der Waals surface area contributed by atoms with Crippen molar-refractivity contribution in [2.24, 2.45) is 0 Å². The first-order valence-corrected chi connectivity index (χ1v) is 7.45. The summed E-state index contributed by atoms with van der Waals surface area (Å²) in [4.78, 5) is 8.97. The van der Waals surface area contributed by atoms with Crippen LogP contribution in [0.5, 0.6) is 11.6 Å². The molecule has 4 nitrogen and oxygen atoms in total. The van der Waals surface area contributed by atoms with Crippen LogP contribution in [0.25, 0.3) is 0 Å². The molecule has 112 valence electrons. The normalized spacial score (nSPS) is 10.7. The van der Waals surface area contributed by atoms with Gasteiger partial charge in [0.1, 0.15) is 0 Å². The zero-order valence-corrected chi connectivity index (χ0v) is 13.2. The first kappa shape index (κ1) is 15.4. The Bertz CT molecular complexity index is 611. The maximum absolute atomic E-state index is 5.96. The van der Waals surface area contributed by atoms with E-state index in [1.165, 1.54) is 5.56 Å². The molecule has 21 heavy (non-hydrogen) atoms. The molecular weight excluding hydrogens is 262 g/mol. The molecule has 0 aliphatic heterocycles. The molecule has 0 bridgehead atoms. The summed E-state index contributed by atoms with van der Waals surface area (Å²) in [6.45, 7) is 9.91. The number of nitrogens with one attached hydrogen (secondary N) is 1. The molecule has 0 atom stereocenters. The van der Waals surface area contributed by atoms with Crippen LogP contribution in [-0.2, 0) is 13.0 Å². The van der Waals surface area contributed by atoms with Crippen molar-refractivity contribution in [1.29, 1.82) is 0 Å². The van der Waals surface area contributed by atoms with Crippen LogP contribution >= 0.6 is 0 Å². The van der Waals surface area contributed by atoms with E-state index in [0.717, 1.165) is 42.3 Å². The first-order valence-electron chi connectivity index (χ1n) is 7.45. The van der Waals surface area contributed by atoms with E-state index in [4.69, 9.17) is 4.74 Å². The first-order chi connectivity index (χ1) is 10.1. The third kappa shape index (κ3) is 4.26. The van der Waals surface area contributed by atoms with Crippen molar-refractivity contribution >= 4 is 0 Å². The van der Waals surface area contributed by atoms with Crippen LogP contribution in [0.15, 0.2) is 24.3 Å². The van der Waals surface area contributed by atoms with Gasteiger partial charge in [0.25, 0.3) is 0 Å². The number of nitrogens with zero attached hydrogens (tertiary/aromatic N) is 2. The maximum Gasteiger partial charge on any atom is 0.219 e. The highest BCUT2D eigenvalue weighted by atomic mass is 16.5. The topological polar surface area (TPSA) is 47.0 Å². The number of ether oxygens (including phenoxy) is 1. The lowest BCUT2D eigenvalue weighted by atomic mass is 10.2. The van der Waals surface area contributed by atoms with Crippen LogP contribution in [0.4, 0.5) is 0 Å². The van der Waals surface area contributed by atoms with E-state index in [0.29, 0.717) is 5.88 Å². The summed E-state index contributed by atoms with van der Waals surface area (Å²) in [5, 5.41) is 3.32. The van der Waals surface area contributed by atoms with E-state index in [2.05, 4.69) is 35.2 Å². The van der Waals surface area contributed by atoms with E-state index in [-0.39, 0.29) is 0 Å². The zero-order valence-electron chi connectivity index (χ0n) is 13.2. The minimum absolute atomic E-state index is 0.628. The van der Waals surface area contributed by atoms with Gasteiger partial charge in [-0.15, -0.1) is 0 Å². The van der Waals surface area contributed by atoms with Gasteiger partial charge in [0.2, 0.25) is 5.88 Å². The van der Waals surface area contributed by atoms with Crippen LogP contribution in [0.2, 0.25) is 0 Å². The van der Waals surface area contributed by atoms with Crippen molar-refractivity contribution in [1.82, 2.24) is 15.3 Å². The molecule has 0 aromatic carbocycles. The lowest BCUT2D eigenvalue weighted by Gasteiger charge is -2.11. The molecule has 0 amide bonds. The van der Waals surface area contributed by atoms with E-state index in [1.54, 1.807) is 0 Å². The van der Waals surface area contributed by atoms with Crippen LogP contribution < -0.4 is 10.1 Å². The Morgan fingerprint density at radius 1 is 1.05 bits per heavy atom. The van der Waals surface area contributed by atoms with Gasteiger partial charge in [-0.25, -0.2) is 4.98 Å². The van der Waals surface area contributed by atoms with Gasteiger partial charge in [-0.1, -0.05) is 13.8 Å². The number of hydrogen-bond acceptors (Lipinski definition) is 4. The number of aromatic nitrogens is 2. The molecule has 0 spiro atoms. The highest BCUT2D eigenvalue weighted by Gasteiger charge is 2.08. The van der Waals surface area contributed by atoms with Crippen molar-refractivity contribution in [3.8, 4) is 11.6 Å². The van der Waals surface area contributed by atoms with Crippen LogP contribution in [0, 0.1) is 13.8 Å². The molecule has 0 saturated heterocycles. The predicted molar refractivity (Wildman–Crippen MR) is 84.8 cm³/mol. The van der Waals surface area contributed by atoms with Gasteiger partial charge in [-0.05, 0) is 50.6 Å². The van der Waals surface area contributed by atoms with Crippen LogP contribution in [0.3, 0.4) is 0 Å². The van der Waals surface area contributed by atoms with Gasteiger partial charge in [0.05, 0.1) is 5.69 Å². The molecule has 0 unspecified atom stereocenters. The molecule has 2 aromatic rings. The number of rotatable bonds is 6. The van der Waals surface area contributed by atoms with Gasteiger partial charge in [0.15, 0.2) is 5.75 Å². The van der Waals surface area contributed by atoms with Crippen molar-refractivity contribution in [2.75, 3.05) is 6.54 Å². The SMILES string of the molecule is CCNCc1cc(C)nc(Oc2ccc(C)nc2CC)c1. The van der Waals surface area contributed by atoms with Crippen LogP contribution in [-0.4, -0.2) is 16.5 Å². The third-order valence-corrected chi connectivity index (χ3v) is 3.19. The van der Waals surface area contributed by atoms with Gasteiger partial charge < -0.3 is 10.1 Å². The smallest absolute Gasteiger partial charge is 0.219 e. The summed E-state index contributed by atoms with van der Waals surface area (Å²) in [7, 11) is 0. The average molecular weight is 285 g/mol. The summed E-state index contributed by atoms with van der Waals surface area (Å²) in [6.07, 6.45) is 0.840. The molecule has 0 fully saturated rings. The molecule has 2 aromatic heterocycles. The minimum atomic E-state index is 0.628. The lowest BCUT2D eigenvalue weighted by Crippen LogP contribution is -2.12. The molecule has 0 radical (unpaired) electrons. The minimum Gasteiger partial charge on any atom is -0.437 e. The molecule has 1 N–H and O–H groups in total. The second-order valence-corrected chi connectivity index (χ2v) is 5.09. The molecule has 0 aliphatic rings. The summed E-state index contributed by atoms with van der Waals surface area (Å²) < 4.78 is 5.96. The van der Waals surface area contributed by atoms with Crippen molar-refractivity contribution in [3.05, 3.63) is 46.9 Å². The Hall–Kier alpha value is -1.94. The second-order valence-electron chi connectivity index (χ2n) is 5.09. The summed E-state index contributed by atoms with van der Waals surface area (Å²) >= 11 is 0. The Morgan fingerprint density at radius 3 is 2.57 bits per heavy atom. The van der Waals surface area contributed by atoms with Gasteiger partial charge in [0, 0.05) is 24.0 Å². The lowest BCUT2D eigenvalue weighted by molar-refractivity contribution is 0.451. The Kier molecular flexibility index (Phi) is 5.28. The molecular formula is C17H23N3O. The highest BCUT2D eigenvalue weighted by molar-refractivity contribution is 5.34. The van der Waals surface area contributed by atoms with Crippen molar-refractivity contribution in [3.63, 3.8) is 0 Å². The van der Waals surface area contributed by atoms with Gasteiger partial charge >= 0.3 is 0 Å². The zero-order chi connectivity index (χ0) is 15.2. The third-order valence-electron chi connectivity index (χ3n) is 3.19. The Morgan fingerprint density at radius 2 is 1.86 bits per heavy atom. The molecule has 4 heteroatoms. The molecule has 2 heterocycles. The fourth-order valence-corrected chi connectivity index (χ4v) is 2.19. The van der Waals surface area contributed by atoms with E-state index < -0.39 is 0 Å². The predicted octanol–water partition coefficient (Wildman–Crippen LogP) is 3.56. The standard InChI is InChI=1S/C17H23N3O/c1-5-15-16(8-7-12(3)19-15)21-17-10-14(11-18-6-2)9-13(4)20-17/h7-10,18H,5-6,11H2,1-4H3. The van der Waals surface area contributed by atoms with E-state index >= 15 is 0 Å². The fourth-order valence-electron chi connectivity index (χ4n) is 2.19. The summed E-state index contributed by atoms with van der Waals surface area (Å²) in [5.74, 6) is 1.42. The fraction of sp³-hybridized carbons (Fsp3) is 0.412. The Labute approximate surface area is 126 Å². The van der Waals surface area contributed by atoms with Crippen molar-refractivity contribution in [2.45, 2.75) is 40.7 Å². The van der Waals surface area contributed by atoms with Crippen LogP contribution in [0.1, 0.15) is 36.5 Å². The largest absolute Gasteiger partial charge is 0.437 e.